The third-order valence-electron chi connectivity index (χ3n) is 1.63. The minimum atomic E-state index is -5.00. The number of hydrogen-bond donors (Lipinski definition) is 0. The molecule has 0 spiro atoms. The molecule has 86 valence electrons. The first-order chi connectivity index (χ1) is 7.39. The Labute approximate surface area is 88.3 Å². The third-order valence-corrected chi connectivity index (χ3v) is 3.04. The maximum atomic E-state index is 12.7. The number of rotatable bonds is 3. The lowest BCUT2D eigenvalue weighted by atomic mass is 10.3. The number of benzene rings is 1. The van der Waals surface area contributed by atoms with Crippen molar-refractivity contribution in [1.82, 2.24) is 0 Å². The number of halogens is 3. The summed E-state index contributed by atoms with van der Waals surface area (Å²) in [4.78, 5) is 11.8. The van der Waals surface area contributed by atoms with Gasteiger partial charge in [-0.3, -0.25) is 0 Å². The van der Waals surface area contributed by atoms with Crippen LogP contribution in [0.2, 0.25) is 0 Å². The van der Waals surface area contributed by atoms with Gasteiger partial charge in [0, 0.05) is 0 Å². The number of isocyanates is 1. The molecule has 0 heterocycles. The molecule has 0 saturated heterocycles. The molecule has 0 aliphatic rings. The Bertz CT molecular complexity index is 550. The number of carbonyl (C=O) groups excluding carboxylic acids is 1. The summed E-state index contributed by atoms with van der Waals surface area (Å²) in [6.07, 6.45) is 0.998. The fourth-order valence-electron chi connectivity index (χ4n) is 0.953. The largest absolute Gasteiger partial charge is 0.341 e. The van der Waals surface area contributed by atoms with Crippen molar-refractivity contribution in [3.63, 3.8) is 0 Å². The number of hydrogen-bond acceptors (Lipinski definition) is 4. The van der Waals surface area contributed by atoms with Gasteiger partial charge in [0.05, 0.1) is 5.69 Å². The van der Waals surface area contributed by atoms with Crippen molar-refractivity contribution in [2.75, 3.05) is 0 Å². The number of sulfone groups is 1. The molecule has 1 aromatic carbocycles. The molecule has 1 aromatic rings. The Morgan fingerprint density at radius 2 is 1.94 bits per heavy atom. The van der Waals surface area contributed by atoms with E-state index < -0.39 is 32.0 Å². The van der Waals surface area contributed by atoms with Gasteiger partial charge >= 0.3 is 5.76 Å². The molecule has 0 unspecified atom stereocenters. The van der Waals surface area contributed by atoms with Crippen LogP contribution in [0.5, 0.6) is 0 Å². The highest BCUT2D eigenvalue weighted by Gasteiger charge is 2.29. The molecule has 0 saturated carbocycles. The van der Waals surface area contributed by atoms with Crippen LogP contribution in [0.15, 0.2) is 28.1 Å². The lowest BCUT2D eigenvalue weighted by Crippen LogP contribution is -2.11. The van der Waals surface area contributed by atoms with Gasteiger partial charge in [0.2, 0.25) is 15.9 Å². The zero-order chi connectivity index (χ0) is 12.3. The molecule has 0 radical (unpaired) electrons. The van der Waals surface area contributed by atoms with Gasteiger partial charge in [0.15, 0.2) is 0 Å². The molecule has 0 aliphatic carbocycles. The van der Waals surface area contributed by atoms with E-state index in [4.69, 9.17) is 0 Å². The first kappa shape index (κ1) is 12.4. The van der Waals surface area contributed by atoms with E-state index in [0.29, 0.717) is 6.07 Å². The van der Waals surface area contributed by atoms with Crippen molar-refractivity contribution in [1.29, 1.82) is 0 Å². The topological polar surface area (TPSA) is 63.6 Å². The van der Waals surface area contributed by atoms with Gasteiger partial charge in [-0.2, -0.15) is 13.8 Å². The lowest BCUT2D eigenvalue weighted by molar-refractivity contribution is 0.234. The van der Waals surface area contributed by atoms with Crippen molar-refractivity contribution in [2.24, 2.45) is 4.99 Å². The minimum absolute atomic E-state index is 0.373. The quantitative estimate of drug-likeness (QED) is 0.607. The molecule has 0 aliphatic heterocycles. The van der Waals surface area contributed by atoms with E-state index in [2.05, 4.69) is 4.99 Å². The van der Waals surface area contributed by atoms with Crippen LogP contribution in [-0.4, -0.2) is 20.3 Å². The summed E-state index contributed by atoms with van der Waals surface area (Å²) < 4.78 is 59.3. The average Bonchev–Trinajstić information content (AvgIpc) is 2.20. The van der Waals surface area contributed by atoms with Crippen LogP contribution in [-0.2, 0) is 14.6 Å². The number of nitrogens with zero attached hydrogens (tertiary/aromatic N) is 1. The predicted octanol–water partition coefficient (Wildman–Crippen LogP) is 1.79. The van der Waals surface area contributed by atoms with Crippen LogP contribution in [0.25, 0.3) is 0 Å². The number of aliphatic imine (C=N–C) groups is 1. The van der Waals surface area contributed by atoms with Crippen LogP contribution in [0.1, 0.15) is 0 Å². The van der Waals surface area contributed by atoms with Gasteiger partial charge < -0.3 is 0 Å². The highest BCUT2D eigenvalue weighted by molar-refractivity contribution is 7.91. The Morgan fingerprint density at radius 1 is 1.31 bits per heavy atom. The molecule has 0 aromatic heterocycles. The molecule has 0 amide bonds. The molecular formula is C8H4F3NO3S. The molecule has 1 rings (SSSR count). The summed E-state index contributed by atoms with van der Waals surface area (Å²) >= 11 is 0. The van der Waals surface area contributed by atoms with Gasteiger partial charge in [0.1, 0.15) is 10.7 Å². The van der Waals surface area contributed by atoms with Gasteiger partial charge in [-0.25, -0.2) is 17.6 Å². The summed E-state index contributed by atoms with van der Waals surface area (Å²) in [5, 5.41) is 0. The second-order valence-electron chi connectivity index (χ2n) is 2.62. The van der Waals surface area contributed by atoms with Crippen molar-refractivity contribution in [3.8, 4) is 0 Å². The first-order valence-electron chi connectivity index (χ1n) is 3.79. The summed E-state index contributed by atoms with van der Waals surface area (Å²) in [5.74, 6) is -4.74. The first-order valence-corrected chi connectivity index (χ1v) is 5.33. The van der Waals surface area contributed by atoms with Crippen molar-refractivity contribution < 1.29 is 26.4 Å². The maximum absolute atomic E-state index is 12.7. The average molecular weight is 251 g/mol. The van der Waals surface area contributed by atoms with Crippen molar-refractivity contribution in [3.05, 3.63) is 24.0 Å². The van der Waals surface area contributed by atoms with Gasteiger partial charge in [-0.15, -0.1) is 0 Å². The molecule has 16 heavy (non-hydrogen) atoms. The fourth-order valence-corrected chi connectivity index (χ4v) is 1.83. The van der Waals surface area contributed by atoms with Crippen LogP contribution in [0.3, 0.4) is 0 Å². The third kappa shape index (κ3) is 2.29. The van der Waals surface area contributed by atoms with E-state index in [1.54, 1.807) is 0 Å². The molecule has 4 nitrogen and oxygen atoms in total. The van der Waals surface area contributed by atoms with Gasteiger partial charge in [0.25, 0.3) is 0 Å². The smallest absolute Gasteiger partial charge is 0.218 e. The molecular weight excluding hydrogens is 247 g/mol. The predicted molar refractivity (Wildman–Crippen MR) is 47.4 cm³/mol. The molecule has 8 heteroatoms. The van der Waals surface area contributed by atoms with E-state index >= 15 is 0 Å². The maximum Gasteiger partial charge on any atom is 0.341 e. The summed E-state index contributed by atoms with van der Waals surface area (Å²) in [5.41, 5.74) is -0.572. The Morgan fingerprint density at radius 3 is 2.44 bits per heavy atom. The highest BCUT2D eigenvalue weighted by Crippen LogP contribution is 2.28. The molecule has 0 bridgehead atoms. The number of alkyl halides is 2. The normalized spacial score (nSPS) is 11.2. The standard InChI is InChI=1S/C8H4F3NO3S/c9-5-1-2-6(12-4-13)7(3-5)16(14,15)8(10)11/h1-3,8H. The summed E-state index contributed by atoms with van der Waals surface area (Å²) in [6, 6.07) is 1.97. The Balaban J connectivity index is 3.54. The monoisotopic (exact) mass is 251 g/mol. The second kappa shape index (κ2) is 4.46. The Hall–Kier alpha value is -1.66. The zero-order valence-corrected chi connectivity index (χ0v) is 8.34. The van der Waals surface area contributed by atoms with Crippen LogP contribution < -0.4 is 0 Å². The van der Waals surface area contributed by atoms with E-state index in [1.165, 1.54) is 0 Å². The fraction of sp³-hybridized carbons (Fsp3) is 0.125. The van der Waals surface area contributed by atoms with Crippen LogP contribution >= 0.6 is 0 Å². The van der Waals surface area contributed by atoms with Crippen LogP contribution in [0, 0.1) is 5.82 Å². The molecule has 0 N–H and O–H groups in total. The second-order valence-corrected chi connectivity index (χ2v) is 4.51. The summed E-state index contributed by atoms with van der Waals surface area (Å²) in [6.45, 7) is 0. The molecule has 0 fully saturated rings. The zero-order valence-electron chi connectivity index (χ0n) is 7.52. The summed E-state index contributed by atoms with van der Waals surface area (Å²) in [7, 11) is -5.00. The molecule has 0 atom stereocenters. The van der Waals surface area contributed by atoms with E-state index in [-0.39, 0.29) is 0 Å². The SMILES string of the molecule is O=C=Nc1ccc(F)cc1S(=O)(=O)C(F)F. The minimum Gasteiger partial charge on any atom is -0.218 e. The Kier molecular flexibility index (Phi) is 3.46. The van der Waals surface area contributed by atoms with Gasteiger partial charge in [-0.1, -0.05) is 0 Å². The highest BCUT2D eigenvalue weighted by atomic mass is 32.2. The van der Waals surface area contributed by atoms with Crippen LogP contribution in [0.4, 0.5) is 18.9 Å². The van der Waals surface area contributed by atoms with E-state index in [9.17, 15) is 26.4 Å². The van der Waals surface area contributed by atoms with Crippen molar-refractivity contribution >= 4 is 21.6 Å². The lowest BCUT2D eigenvalue weighted by Gasteiger charge is -2.05. The van der Waals surface area contributed by atoms with E-state index in [1.807, 2.05) is 0 Å². The van der Waals surface area contributed by atoms with Crippen molar-refractivity contribution in [2.45, 2.75) is 10.7 Å². The van der Waals surface area contributed by atoms with Gasteiger partial charge in [-0.05, 0) is 18.2 Å². The van der Waals surface area contributed by atoms with E-state index in [0.717, 1.165) is 18.2 Å².